The first-order valence-electron chi connectivity index (χ1n) is 28.5. The number of anilines is 6. The molecule has 3 nitrogen and oxygen atoms in total. The van der Waals surface area contributed by atoms with E-state index >= 15 is 0 Å². The summed E-state index contributed by atoms with van der Waals surface area (Å²) in [5.41, 5.74) is 21.4. The van der Waals surface area contributed by atoms with E-state index in [1.807, 2.05) is 0 Å². The molecule has 3 heteroatoms. The first kappa shape index (κ1) is 47.1. The molecule has 12 aromatic rings. The van der Waals surface area contributed by atoms with Gasteiger partial charge in [0.15, 0.2) is 0 Å². The van der Waals surface area contributed by atoms with Gasteiger partial charge in [-0.15, -0.1) is 0 Å². The standard InChI is InChI=1S/C76H61N3/c1-6-19-54(20-7-1)70-51-73(57-35-39-65(40-36-57)78(62-26-12-4-13-27-62)67-41-42-69-68-31-16-17-32-74(68)79(75(69)49-67)63-28-14-5-15-29-63)71(55-21-8-2-9-22-55)50-72(70)56-33-37-64(38-34-56)77(61-24-10-3-11-25-61)66-30-18-23-58(48-66)76-59-44-52-43-53(46-59)47-60(76)45-52/h1-42,48-53,59-60,76H,43-47H2. The molecule has 380 valence electrons. The molecule has 4 aliphatic carbocycles. The summed E-state index contributed by atoms with van der Waals surface area (Å²) in [6.45, 7) is 0. The first-order valence-corrected chi connectivity index (χ1v) is 28.5. The van der Waals surface area contributed by atoms with Gasteiger partial charge in [0.25, 0.3) is 0 Å². The normalized spacial score (nSPS) is 18.3. The molecule has 1 heterocycles. The van der Waals surface area contributed by atoms with Crippen molar-refractivity contribution in [3.05, 3.63) is 285 Å². The summed E-state index contributed by atoms with van der Waals surface area (Å²) in [5, 5.41) is 2.48. The van der Waals surface area contributed by atoms with Gasteiger partial charge in [0, 0.05) is 50.6 Å². The lowest BCUT2D eigenvalue weighted by Gasteiger charge is -2.54. The lowest BCUT2D eigenvalue weighted by Crippen LogP contribution is -2.43. The number of hydrogen-bond acceptors (Lipinski definition) is 2. The minimum Gasteiger partial charge on any atom is -0.310 e. The Morgan fingerprint density at radius 1 is 0.278 bits per heavy atom. The van der Waals surface area contributed by atoms with Gasteiger partial charge in [-0.2, -0.15) is 0 Å². The van der Waals surface area contributed by atoms with E-state index in [9.17, 15) is 0 Å². The van der Waals surface area contributed by atoms with E-state index in [1.54, 1.807) is 0 Å². The van der Waals surface area contributed by atoms with E-state index in [4.69, 9.17) is 0 Å². The molecule has 0 saturated heterocycles. The number of benzene rings is 11. The number of fused-ring (bicyclic) bond motifs is 3. The van der Waals surface area contributed by atoms with E-state index in [1.165, 1.54) is 110 Å². The van der Waals surface area contributed by atoms with Crippen molar-refractivity contribution in [2.24, 2.45) is 23.7 Å². The Labute approximate surface area is 464 Å². The molecule has 0 unspecified atom stereocenters. The second kappa shape index (κ2) is 20.0. The second-order valence-corrected chi connectivity index (χ2v) is 22.6. The monoisotopic (exact) mass is 1020 g/mol. The van der Waals surface area contributed by atoms with Crippen molar-refractivity contribution in [2.45, 2.75) is 38.0 Å². The van der Waals surface area contributed by atoms with Gasteiger partial charge < -0.3 is 14.4 Å². The van der Waals surface area contributed by atoms with Crippen LogP contribution in [-0.4, -0.2) is 4.57 Å². The van der Waals surface area contributed by atoms with E-state index in [0.29, 0.717) is 5.92 Å². The van der Waals surface area contributed by atoms with Crippen LogP contribution in [0.3, 0.4) is 0 Å². The highest BCUT2D eigenvalue weighted by Crippen LogP contribution is 2.60. The Morgan fingerprint density at radius 2 is 0.671 bits per heavy atom. The summed E-state index contributed by atoms with van der Waals surface area (Å²) in [6.07, 6.45) is 7.17. The van der Waals surface area contributed by atoms with Gasteiger partial charge in [-0.1, -0.05) is 176 Å². The summed E-state index contributed by atoms with van der Waals surface area (Å²) in [7, 11) is 0. The Kier molecular flexibility index (Phi) is 11.9. The molecule has 0 radical (unpaired) electrons. The third-order valence-corrected chi connectivity index (χ3v) is 17.9. The number of aromatic nitrogens is 1. The SMILES string of the molecule is c1ccc(-c2cc(-c3ccc(N(c4ccccc4)c4ccc5c6ccccc6n(-c6ccccc6)c5c4)cc3)c(-c3ccccc3)cc2-c2ccc(N(c3ccccc3)c3cccc(C4C5CC6CC(C5)CC4C6)c3)cc2)cc1. The maximum atomic E-state index is 2.53. The van der Waals surface area contributed by atoms with Crippen LogP contribution in [0.25, 0.3) is 72.0 Å². The number of hydrogen-bond donors (Lipinski definition) is 0. The molecular formula is C76H61N3. The summed E-state index contributed by atoms with van der Waals surface area (Å²) < 4.78 is 2.40. The predicted octanol–water partition coefficient (Wildman–Crippen LogP) is 20.9. The van der Waals surface area contributed by atoms with Crippen molar-refractivity contribution >= 4 is 55.9 Å². The minimum atomic E-state index is 0.675. The fourth-order valence-corrected chi connectivity index (χ4v) is 14.7. The minimum absolute atomic E-state index is 0.675. The molecule has 16 rings (SSSR count). The topological polar surface area (TPSA) is 11.4 Å². The highest BCUT2D eigenvalue weighted by molar-refractivity contribution is 6.10. The van der Waals surface area contributed by atoms with E-state index in [0.717, 1.165) is 57.7 Å². The molecule has 4 fully saturated rings. The van der Waals surface area contributed by atoms with Crippen molar-refractivity contribution in [3.63, 3.8) is 0 Å². The average Bonchev–Trinajstić information content (AvgIpc) is 3.90. The van der Waals surface area contributed by atoms with Gasteiger partial charge in [0.2, 0.25) is 0 Å². The number of nitrogens with zero attached hydrogens (tertiary/aromatic N) is 3. The largest absolute Gasteiger partial charge is 0.310 e. The molecule has 4 bridgehead atoms. The maximum absolute atomic E-state index is 2.53. The van der Waals surface area contributed by atoms with Crippen molar-refractivity contribution in [2.75, 3.05) is 9.80 Å². The Balaban J connectivity index is 0.826. The summed E-state index contributed by atoms with van der Waals surface area (Å²) >= 11 is 0. The van der Waals surface area contributed by atoms with Crippen LogP contribution in [0.15, 0.2) is 279 Å². The molecular weight excluding hydrogens is 955 g/mol. The van der Waals surface area contributed by atoms with Gasteiger partial charge in [0.05, 0.1) is 11.0 Å². The lowest BCUT2D eigenvalue weighted by molar-refractivity contribution is -0.00276. The molecule has 4 aliphatic rings. The Bertz CT molecular complexity index is 4080. The van der Waals surface area contributed by atoms with Crippen LogP contribution >= 0.6 is 0 Å². The number of rotatable bonds is 12. The Hall–Kier alpha value is -9.18. The summed E-state index contributed by atoms with van der Waals surface area (Å²) in [4.78, 5) is 4.85. The molecule has 0 atom stereocenters. The highest BCUT2D eigenvalue weighted by Gasteiger charge is 2.48. The number of para-hydroxylation sites is 4. The van der Waals surface area contributed by atoms with Crippen LogP contribution in [0.5, 0.6) is 0 Å². The molecule has 79 heavy (non-hydrogen) atoms. The first-order chi connectivity index (χ1) is 39.1. The zero-order chi connectivity index (χ0) is 52.2. The van der Waals surface area contributed by atoms with Crippen molar-refractivity contribution in [3.8, 4) is 50.2 Å². The third-order valence-electron chi connectivity index (χ3n) is 17.9. The van der Waals surface area contributed by atoms with E-state index in [-0.39, 0.29) is 0 Å². The van der Waals surface area contributed by atoms with Gasteiger partial charge in [-0.3, -0.25) is 0 Å². The van der Waals surface area contributed by atoms with Crippen LogP contribution in [0.2, 0.25) is 0 Å². The molecule has 0 spiro atoms. The van der Waals surface area contributed by atoms with Gasteiger partial charge in [0.1, 0.15) is 0 Å². The lowest BCUT2D eigenvalue weighted by atomic mass is 9.51. The van der Waals surface area contributed by atoms with Crippen molar-refractivity contribution < 1.29 is 0 Å². The van der Waals surface area contributed by atoms with Crippen molar-refractivity contribution in [1.29, 1.82) is 0 Å². The highest BCUT2D eigenvalue weighted by atomic mass is 15.1. The van der Waals surface area contributed by atoms with Crippen LogP contribution < -0.4 is 9.80 Å². The van der Waals surface area contributed by atoms with Crippen LogP contribution in [0, 0.1) is 23.7 Å². The third kappa shape index (κ3) is 8.62. The van der Waals surface area contributed by atoms with Gasteiger partial charge in [-0.25, -0.2) is 0 Å². The zero-order valence-corrected chi connectivity index (χ0v) is 44.3. The fourth-order valence-electron chi connectivity index (χ4n) is 14.7. The van der Waals surface area contributed by atoms with Gasteiger partial charge in [-0.05, 0) is 215 Å². The molecule has 1 aromatic heterocycles. The fraction of sp³-hybridized carbons (Fsp3) is 0.132. The predicted molar refractivity (Wildman–Crippen MR) is 332 cm³/mol. The molecule has 0 amide bonds. The van der Waals surface area contributed by atoms with Gasteiger partial charge >= 0.3 is 0 Å². The van der Waals surface area contributed by atoms with Crippen molar-refractivity contribution in [1.82, 2.24) is 4.57 Å². The Morgan fingerprint density at radius 3 is 1.19 bits per heavy atom. The molecule has 4 saturated carbocycles. The molecule has 0 N–H and O–H groups in total. The van der Waals surface area contributed by atoms with Crippen LogP contribution in [0.4, 0.5) is 34.1 Å². The van der Waals surface area contributed by atoms with Crippen LogP contribution in [0.1, 0.15) is 43.6 Å². The van der Waals surface area contributed by atoms with E-state index in [2.05, 4.69) is 293 Å². The van der Waals surface area contributed by atoms with Crippen LogP contribution in [-0.2, 0) is 0 Å². The smallest absolute Gasteiger partial charge is 0.0561 e. The maximum Gasteiger partial charge on any atom is 0.0561 e. The molecule has 0 aliphatic heterocycles. The second-order valence-electron chi connectivity index (χ2n) is 22.6. The average molecular weight is 1020 g/mol. The molecule has 11 aromatic carbocycles. The summed E-state index contributed by atoms with van der Waals surface area (Å²) in [5.74, 6) is 4.26. The quantitative estimate of drug-likeness (QED) is 0.121. The van der Waals surface area contributed by atoms with E-state index < -0.39 is 0 Å². The zero-order valence-electron chi connectivity index (χ0n) is 44.3. The summed E-state index contributed by atoms with van der Waals surface area (Å²) in [6, 6.07) is 103.